The highest BCUT2D eigenvalue weighted by Gasteiger charge is 1.99. The van der Waals surface area contributed by atoms with Crippen LogP contribution < -0.4 is 4.74 Å². The second-order valence-electron chi connectivity index (χ2n) is 2.61. The molecular weight excluding hydrogens is 154 g/mol. The van der Waals surface area contributed by atoms with Crippen LogP contribution in [0.2, 0.25) is 0 Å². The van der Waals surface area contributed by atoms with Crippen molar-refractivity contribution < 1.29 is 9.53 Å². The third-order valence-electron chi connectivity index (χ3n) is 1.39. The lowest BCUT2D eigenvalue weighted by molar-refractivity contribution is -0.111. The van der Waals surface area contributed by atoms with Crippen molar-refractivity contribution in [1.29, 1.82) is 0 Å². The second-order valence-corrected chi connectivity index (χ2v) is 2.61. The molecule has 0 bridgehead atoms. The lowest BCUT2D eigenvalue weighted by Crippen LogP contribution is -2.09. The van der Waals surface area contributed by atoms with Gasteiger partial charge in [-0.1, -0.05) is 6.92 Å². The van der Waals surface area contributed by atoms with Gasteiger partial charge >= 0.3 is 0 Å². The van der Waals surface area contributed by atoms with Crippen LogP contribution in [-0.2, 0) is 4.79 Å². The zero-order chi connectivity index (χ0) is 8.81. The summed E-state index contributed by atoms with van der Waals surface area (Å²) in [5.74, 6) is 0.692. The van der Waals surface area contributed by atoms with Crippen LogP contribution in [0.1, 0.15) is 6.92 Å². The first-order chi connectivity index (χ1) is 5.83. The third-order valence-corrected chi connectivity index (χ3v) is 1.39. The molecule has 1 aromatic rings. The number of hydrogen-bond acceptors (Lipinski definition) is 3. The average molecular weight is 165 g/mol. The number of carbonyl (C=O) groups is 1. The summed E-state index contributed by atoms with van der Waals surface area (Å²) in [6.45, 7) is 2.24. The number of pyridine rings is 1. The zero-order valence-electron chi connectivity index (χ0n) is 6.93. The molecule has 64 valence electrons. The molecule has 0 fully saturated rings. The Balaban J connectivity index is 2.38. The molecule has 1 heterocycles. The topological polar surface area (TPSA) is 39.2 Å². The molecule has 0 saturated carbocycles. The normalized spacial score (nSPS) is 12.1. The Bertz CT molecular complexity index is 236. The Morgan fingerprint density at radius 2 is 2.25 bits per heavy atom. The second kappa shape index (κ2) is 4.49. The van der Waals surface area contributed by atoms with Crippen LogP contribution in [0.3, 0.4) is 0 Å². The van der Waals surface area contributed by atoms with Crippen molar-refractivity contribution in [2.45, 2.75) is 6.92 Å². The fraction of sp³-hybridized carbons (Fsp3) is 0.333. The van der Waals surface area contributed by atoms with Crippen molar-refractivity contribution in [1.82, 2.24) is 4.98 Å². The van der Waals surface area contributed by atoms with Gasteiger partial charge in [-0.15, -0.1) is 0 Å². The summed E-state index contributed by atoms with van der Waals surface area (Å²) < 4.78 is 5.29. The third kappa shape index (κ3) is 2.70. The number of carbonyl (C=O) groups excluding carboxylic acids is 1. The van der Waals surface area contributed by atoms with Gasteiger partial charge in [0.2, 0.25) is 0 Å². The largest absolute Gasteiger partial charge is 0.493 e. The quantitative estimate of drug-likeness (QED) is 0.631. The summed E-state index contributed by atoms with van der Waals surface area (Å²) >= 11 is 0. The van der Waals surface area contributed by atoms with E-state index in [2.05, 4.69) is 4.98 Å². The highest BCUT2D eigenvalue weighted by molar-refractivity contribution is 5.52. The number of hydrogen-bond donors (Lipinski definition) is 0. The van der Waals surface area contributed by atoms with Gasteiger partial charge in [0.1, 0.15) is 12.0 Å². The fourth-order valence-corrected chi connectivity index (χ4v) is 0.701. The Kier molecular flexibility index (Phi) is 3.26. The van der Waals surface area contributed by atoms with Crippen LogP contribution in [0.4, 0.5) is 0 Å². The molecular formula is C9H11NO2. The van der Waals surface area contributed by atoms with Crippen molar-refractivity contribution in [3.05, 3.63) is 24.5 Å². The van der Waals surface area contributed by atoms with E-state index in [1.165, 1.54) is 0 Å². The Morgan fingerprint density at radius 1 is 1.58 bits per heavy atom. The van der Waals surface area contributed by atoms with Crippen LogP contribution in [-0.4, -0.2) is 17.9 Å². The van der Waals surface area contributed by atoms with Crippen molar-refractivity contribution in [3.63, 3.8) is 0 Å². The molecule has 0 amide bonds. The van der Waals surface area contributed by atoms with Crippen molar-refractivity contribution in [2.24, 2.45) is 5.92 Å². The van der Waals surface area contributed by atoms with E-state index in [0.29, 0.717) is 6.61 Å². The predicted octanol–water partition coefficient (Wildman–Crippen LogP) is 1.30. The maximum atomic E-state index is 10.2. The molecule has 0 saturated heterocycles. The van der Waals surface area contributed by atoms with Crippen LogP contribution in [0.25, 0.3) is 0 Å². The van der Waals surface area contributed by atoms with Gasteiger partial charge in [-0.25, -0.2) is 0 Å². The number of aromatic nitrogens is 1. The van der Waals surface area contributed by atoms with Gasteiger partial charge in [-0.05, 0) is 12.1 Å². The first-order valence-corrected chi connectivity index (χ1v) is 3.81. The maximum absolute atomic E-state index is 10.2. The van der Waals surface area contributed by atoms with E-state index in [-0.39, 0.29) is 5.92 Å². The molecule has 0 N–H and O–H groups in total. The van der Waals surface area contributed by atoms with Gasteiger partial charge in [-0.3, -0.25) is 4.98 Å². The zero-order valence-corrected chi connectivity index (χ0v) is 6.93. The van der Waals surface area contributed by atoms with Gasteiger partial charge < -0.3 is 9.53 Å². The van der Waals surface area contributed by atoms with Gasteiger partial charge in [0.25, 0.3) is 0 Å². The number of ether oxygens (including phenoxy) is 1. The SMILES string of the molecule is CC(C=O)COc1ccncc1. The smallest absolute Gasteiger partial charge is 0.126 e. The molecule has 0 spiro atoms. The van der Waals surface area contributed by atoms with E-state index >= 15 is 0 Å². The van der Waals surface area contributed by atoms with Gasteiger partial charge in [0.05, 0.1) is 6.61 Å². The molecule has 0 radical (unpaired) electrons. The predicted molar refractivity (Wildman–Crippen MR) is 45.0 cm³/mol. The average Bonchev–Trinajstić information content (AvgIpc) is 2.16. The molecule has 1 aromatic heterocycles. The van der Waals surface area contributed by atoms with Gasteiger partial charge in [0.15, 0.2) is 0 Å². The highest BCUT2D eigenvalue weighted by Crippen LogP contribution is 2.07. The minimum Gasteiger partial charge on any atom is -0.493 e. The van der Waals surface area contributed by atoms with E-state index in [1.54, 1.807) is 24.5 Å². The Morgan fingerprint density at radius 3 is 2.83 bits per heavy atom. The van der Waals surface area contributed by atoms with Crippen LogP contribution in [0, 0.1) is 5.92 Å². The summed E-state index contributed by atoms with van der Waals surface area (Å²) in [4.78, 5) is 14.1. The van der Waals surface area contributed by atoms with Crippen LogP contribution in [0.15, 0.2) is 24.5 Å². The van der Waals surface area contributed by atoms with E-state index in [4.69, 9.17) is 4.74 Å². The summed E-state index contributed by atoms with van der Waals surface area (Å²) in [5.41, 5.74) is 0. The molecule has 12 heavy (non-hydrogen) atoms. The van der Waals surface area contributed by atoms with Gasteiger partial charge in [0, 0.05) is 18.3 Å². The van der Waals surface area contributed by atoms with Crippen molar-refractivity contribution in [3.8, 4) is 5.75 Å². The van der Waals surface area contributed by atoms with Gasteiger partial charge in [-0.2, -0.15) is 0 Å². The van der Waals surface area contributed by atoms with E-state index < -0.39 is 0 Å². The summed E-state index contributed by atoms with van der Waals surface area (Å²) in [6, 6.07) is 3.52. The minimum absolute atomic E-state index is 0.0573. The number of nitrogens with zero attached hydrogens (tertiary/aromatic N) is 1. The lowest BCUT2D eigenvalue weighted by Gasteiger charge is -2.06. The Labute approximate surface area is 71.4 Å². The molecule has 3 nitrogen and oxygen atoms in total. The molecule has 1 unspecified atom stereocenters. The molecule has 0 aliphatic rings. The standard InChI is InChI=1S/C9H11NO2/c1-8(6-11)7-12-9-2-4-10-5-3-9/h2-6,8H,7H2,1H3. The number of aldehydes is 1. The summed E-state index contributed by atoms with van der Waals surface area (Å²) in [5, 5.41) is 0. The molecule has 1 atom stereocenters. The maximum Gasteiger partial charge on any atom is 0.126 e. The lowest BCUT2D eigenvalue weighted by atomic mass is 10.2. The van der Waals surface area contributed by atoms with Crippen molar-refractivity contribution >= 4 is 6.29 Å². The molecule has 1 rings (SSSR count). The molecule has 0 aromatic carbocycles. The van der Waals surface area contributed by atoms with Crippen molar-refractivity contribution in [2.75, 3.05) is 6.61 Å². The first-order valence-electron chi connectivity index (χ1n) is 3.81. The van der Waals surface area contributed by atoms with E-state index in [0.717, 1.165) is 12.0 Å². The summed E-state index contributed by atoms with van der Waals surface area (Å²) in [6.07, 6.45) is 4.18. The van der Waals surface area contributed by atoms with E-state index in [9.17, 15) is 4.79 Å². The highest BCUT2D eigenvalue weighted by atomic mass is 16.5. The molecule has 3 heteroatoms. The number of rotatable bonds is 4. The van der Waals surface area contributed by atoms with E-state index in [1.807, 2.05) is 6.92 Å². The minimum atomic E-state index is -0.0573. The monoisotopic (exact) mass is 165 g/mol. The van der Waals surface area contributed by atoms with Crippen LogP contribution in [0.5, 0.6) is 5.75 Å². The first kappa shape index (κ1) is 8.71. The molecule has 0 aliphatic heterocycles. The fourth-order valence-electron chi connectivity index (χ4n) is 0.701. The summed E-state index contributed by atoms with van der Waals surface area (Å²) in [7, 11) is 0. The Hall–Kier alpha value is -1.38. The van der Waals surface area contributed by atoms with Crippen LogP contribution >= 0.6 is 0 Å². The molecule has 0 aliphatic carbocycles.